The van der Waals surface area contributed by atoms with Gasteiger partial charge < -0.3 is 5.32 Å². The minimum atomic E-state index is -3.40. The van der Waals surface area contributed by atoms with Crippen molar-refractivity contribution < 1.29 is 8.42 Å². The number of rotatable bonds is 5. The van der Waals surface area contributed by atoms with Crippen molar-refractivity contribution in [1.82, 2.24) is 10.0 Å². The Bertz CT molecular complexity index is 485. The van der Waals surface area contributed by atoms with E-state index in [4.69, 9.17) is 11.6 Å². The fourth-order valence-electron chi connectivity index (χ4n) is 2.06. The molecule has 1 saturated heterocycles. The van der Waals surface area contributed by atoms with Crippen molar-refractivity contribution >= 4 is 34.0 Å². The second kappa shape index (κ2) is 7.45. The van der Waals surface area contributed by atoms with E-state index in [0.29, 0.717) is 17.5 Å². The molecule has 7 heteroatoms. The second-order valence-electron chi connectivity index (χ2n) is 4.50. The molecule has 0 bridgehead atoms. The highest BCUT2D eigenvalue weighted by Crippen LogP contribution is 2.15. The molecule has 19 heavy (non-hydrogen) atoms. The molecule has 1 aromatic carbocycles. The summed E-state index contributed by atoms with van der Waals surface area (Å²) in [7, 11) is -3.40. The van der Waals surface area contributed by atoms with Gasteiger partial charge in [-0.05, 0) is 56.1 Å². The Labute approximate surface area is 125 Å². The van der Waals surface area contributed by atoms with Gasteiger partial charge in [0.1, 0.15) is 0 Å². The first-order valence-electron chi connectivity index (χ1n) is 6.04. The Morgan fingerprint density at radius 3 is 2.58 bits per heavy atom. The molecule has 2 rings (SSSR count). The van der Waals surface area contributed by atoms with Crippen molar-refractivity contribution in [1.29, 1.82) is 0 Å². The van der Waals surface area contributed by atoms with Gasteiger partial charge in [0.25, 0.3) is 0 Å². The lowest BCUT2D eigenvalue weighted by Gasteiger charge is -2.10. The molecule has 0 saturated carbocycles. The molecule has 0 radical (unpaired) electrons. The highest BCUT2D eigenvalue weighted by Gasteiger charge is 2.17. The maximum Gasteiger partial charge on any atom is 0.240 e. The monoisotopic (exact) mass is 324 g/mol. The van der Waals surface area contributed by atoms with Gasteiger partial charge in [0, 0.05) is 11.6 Å². The standard InChI is InChI=1S/C12H17ClN2O2S.ClH/c13-11-1-3-12(4-2-11)18(16,17)15-8-6-10-5-7-14-9-10;/h1-4,10,14-15H,5-9H2;1H. The average Bonchev–Trinajstić information content (AvgIpc) is 2.82. The van der Waals surface area contributed by atoms with Crippen molar-refractivity contribution in [2.75, 3.05) is 19.6 Å². The Balaban J connectivity index is 0.00000180. The van der Waals surface area contributed by atoms with Crippen LogP contribution in [0.3, 0.4) is 0 Å². The van der Waals surface area contributed by atoms with Crippen LogP contribution in [-0.2, 0) is 10.0 Å². The summed E-state index contributed by atoms with van der Waals surface area (Å²) in [4.78, 5) is 0.261. The SMILES string of the molecule is Cl.O=S(=O)(NCCC1CCNC1)c1ccc(Cl)cc1. The molecule has 1 unspecified atom stereocenters. The highest BCUT2D eigenvalue weighted by atomic mass is 35.5. The molecule has 1 aromatic rings. The van der Waals surface area contributed by atoms with Crippen LogP contribution in [0.5, 0.6) is 0 Å². The summed E-state index contributed by atoms with van der Waals surface area (Å²) >= 11 is 5.73. The van der Waals surface area contributed by atoms with Crippen LogP contribution in [0, 0.1) is 5.92 Å². The third-order valence-electron chi connectivity index (χ3n) is 3.13. The van der Waals surface area contributed by atoms with Gasteiger partial charge in [-0.2, -0.15) is 0 Å². The van der Waals surface area contributed by atoms with E-state index in [0.717, 1.165) is 25.9 Å². The summed E-state index contributed by atoms with van der Waals surface area (Å²) in [6.07, 6.45) is 2.00. The minimum Gasteiger partial charge on any atom is -0.316 e. The molecule has 0 amide bonds. The fourth-order valence-corrected chi connectivity index (χ4v) is 3.23. The van der Waals surface area contributed by atoms with Crippen LogP contribution in [0.15, 0.2) is 29.2 Å². The van der Waals surface area contributed by atoms with Crippen molar-refractivity contribution in [3.63, 3.8) is 0 Å². The molecule has 4 nitrogen and oxygen atoms in total. The lowest BCUT2D eigenvalue weighted by Crippen LogP contribution is -2.26. The molecule has 108 valence electrons. The van der Waals surface area contributed by atoms with Crippen LogP contribution in [-0.4, -0.2) is 28.1 Å². The van der Waals surface area contributed by atoms with E-state index in [2.05, 4.69) is 10.0 Å². The molecular weight excluding hydrogens is 307 g/mol. The Morgan fingerprint density at radius 1 is 1.32 bits per heavy atom. The zero-order valence-corrected chi connectivity index (χ0v) is 12.8. The maximum absolute atomic E-state index is 11.9. The molecule has 2 N–H and O–H groups in total. The topological polar surface area (TPSA) is 58.2 Å². The molecule has 1 heterocycles. The molecule has 0 aromatic heterocycles. The van der Waals surface area contributed by atoms with Gasteiger partial charge in [-0.3, -0.25) is 0 Å². The van der Waals surface area contributed by atoms with Crippen LogP contribution in [0.4, 0.5) is 0 Å². The molecular formula is C12H18Cl2N2O2S. The van der Waals surface area contributed by atoms with E-state index in [9.17, 15) is 8.42 Å². The smallest absolute Gasteiger partial charge is 0.240 e. The Morgan fingerprint density at radius 2 is 2.00 bits per heavy atom. The van der Waals surface area contributed by atoms with E-state index in [1.165, 1.54) is 12.1 Å². The van der Waals surface area contributed by atoms with Crippen LogP contribution < -0.4 is 10.0 Å². The molecule has 1 atom stereocenters. The van der Waals surface area contributed by atoms with Crippen molar-refractivity contribution in [2.24, 2.45) is 5.92 Å². The van der Waals surface area contributed by atoms with E-state index in [1.807, 2.05) is 0 Å². The predicted molar refractivity (Wildman–Crippen MR) is 79.5 cm³/mol. The molecule has 1 aliphatic rings. The van der Waals surface area contributed by atoms with Gasteiger partial charge in [-0.15, -0.1) is 12.4 Å². The first kappa shape index (κ1) is 16.7. The van der Waals surface area contributed by atoms with E-state index >= 15 is 0 Å². The van der Waals surface area contributed by atoms with E-state index in [1.54, 1.807) is 12.1 Å². The summed E-state index contributed by atoms with van der Waals surface area (Å²) < 4.78 is 26.5. The largest absolute Gasteiger partial charge is 0.316 e. The zero-order valence-electron chi connectivity index (χ0n) is 10.4. The zero-order chi connectivity index (χ0) is 13.0. The quantitative estimate of drug-likeness (QED) is 0.871. The summed E-state index contributed by atoms with van der Waals surface area (Å²) in [6, 6.07) is 6.19. The van der Waals surface area contributed by atoms with Crippen molar-refractivity contribution in [2.45, 2.75) is 17.7 Å². The highest BCUT2D eigenvalue weighted by molar-refractivity contribution is 7.89. The lowest BCUT2D eigenvalue weighted by atomic mass is 10.1. The third-order valence-corrected chi connectivity index (χ3v) is 4.86. The van der Waals surface area contributed by atoms with E-state index in [-0.39, 0.29) is 17.3 Å². The van der Waals surface area contributed by atoms with E-state index < -0.39 is 10.0 Å². The van der Waals surface area contributed by atoms with Crippen LogP contribution in [0.25, 0.3) is 0 Å². The number of benzene rings is 1. The summed E-state index contributed by atoms with van der Waals surface area (Å²) in [6.45, 7) is 2.51. The summed E-state index contributed by atoms with van der Waals surface area (Å²) in [5.41, 5.74) is 0. The van der Waals surface area contributed by atoms with Crippen LogP contribution in [0.2, 0.25) is 5.02 Å². The van der Waals surface area contributed by atoms with Gasteiger partial charge in [0.2, 0.25) is 10.0 Å². The molecule has 0 spiro atoms. The van der Waals surface area contributed by atoms with Crippen LogP contribution in [0.1, 0.15) is 12.8 Å². The van der Waals surface area contributed by atoms with Gasteiger partial charge in [0.15, 0.2) is 0 Å². The number of hydrogen-bond donors (Lipinski definition) is 2. The molecule has 1 fully saturated rings. The second-order valence-corrected chi connectivity index (χ2v) is 6.70. The van der Waals surface area contributed by atoms with Gasteiger partial charge >= 0.3 is 0 Å². The van der Waals surface area contributed by atoms with Gasteiger partial charge in [-0.25, -0.2) is 13.1 Å². The van der Waals surface area contributed by atoms with Crippen molar-refractivity contribution in [3.8, 4) is 0 Å². The van der Waals surface area contributed by atoms with Crippen LogP contribution >= 0.6 is 24.0 Å². The first-order chi connectivity index (χ1) is 8.58. The summed E-state index contributed by atoms with van der Waals surface area (Å²) in [5, 5.41) is 3.80. The number of nitrogens with one attached hydrogen (secondary N) is 2. The molecule has 0 aliphatic carbocycles. The first-order valence-corrected chi connectivity index (χ1v) is 7.90. The number of sulfonamides is 1. The predicted octanol–water partition coefficient (Wildman–Crippen LogP) is 2.04. The normalized spacial score (nSPS) is 19.1. The third kappa shape index (κ3) is 4.93. The van der Waals surface area contributed by atoms with Gasteiger partial charge in [0.05, 0.1) is 4.90 Å². The Hall–Kier alpha value is -0.330. The fraction of sp³-hybridized carbons (Fsp3) is 0.500. The van der Waals surface area contributed by atoms with Gasteiger partial charge in [-0.1, -0.05) is 11.6 Å². The number of hydrogen-bond acceptors (Lipinski definition) is 3. The minimum absolute atomic E-state index is 0. The average molecular weight is 325 g/mol. The summed E-state index contributed by atoms with van der Waals surface area (Å²) in [5.74, 6) is 0.581. The lowest BCUT2D eigenvalue weighted by molar-refractivity contribution is 0.519. The number of halogens is 2. The maximum atomic E-state index is 11.9. The van der Waals surface area contributed by atoms with Crippen molar-refractivity contribution in [3.05, 3.63) is 29.3 Å². The molecule has 1 aliphatic heterocycles. The Kier molecular flexibility index (Phi) is 6.56.